The lowest BCUT2D eigenvalue weighted by molar-refractivity contribution is 0.0748. The van der Waals surface area contributed by atoms with Gasteiger partial charge in [0.2, 0.25) is 0 Å². The molecule has 4 heteroatoms. The van der Waals surface area contributed by atoms with E-state index in [-0.39, 0.29) is 0 Å². The molecule has 3 aliphatic rings. The minimum atomic E-state index is -2.15. The van der Waals surface area contributed by atoms with Gasteiger partial charge in [0, 0.05) is 19.8 Å². The summed E-state index contributed by atoms with van der Waals surface area (Å²) in [5.41, 5.74) is 0.692. The summed E-state index contributed by atoms with van der Waals surface area (Å²) in [6.07, 6.45) is 12.5. The van der Waals surface area contributed by atoms with E-state index in [2.05, 4.69) is 4.57 Å². The highest BCUT2D eigenvalue weighted by Crippen LogP contribution is 2.44. The molecule has 2 unspecified atom stereocenters. The minimum absolute atomic E-state index is 0.692. The second-order valence-corrected chi connectivity index (χ2v) is 10.6. The van der Waals surface area contributed by atoms with E-state index in [0.717, 1.165) is 11.8 Å². The van der Waals surface area contributed by atoms with Gasteiger partial charge in [-0.3, -0.25) is 4.57 Å². The molecule has 0 radical (unpaired) electrons. The number of nitrogens with zero attached hydrogens (tertiary/aromatic N) is 1. The molecule has 3 fully saturated rings. The van der Waals surface area contributed by atoms with E-state index in [1.54, 1.807) is 0 Å². The van der Waals surface area contributed by atoms with Crippen LogP contribution in [0.4, 0.5) is 0 Å². The van der Waals surface area contributed by atoms with Crippen molar-refractivity contribution in [2.24, 2.45) is 11.8 Å². The van der Waals surface area contributed by atoms with Crippen LogP contribution in [0.3, 0.4) is 0 Å². The van der Waals surface area contributed by atoms with Gasteiger partial charge in [0.05, 0.1) is 0 Å². The molecule has 2 atom stereocenters. The van der Waals surface area contributed by atoms with E-state index in [0.29, 0.717) is 5.54 Å². The van der Waals surface area contributed by atoms with Crippen molar-refractivity contribution in [3.8, 4) is 0 Å². The van der Waals surface area contributed by atoms with Crippen LogP contribution in [0, 0.1) is 11.8 Å². The Morgan fingerprint density at radius 2 is 1.40 bits per heavy atom. The summed E-state index contributed by atoms with van der Waals surface area (Å²) in [5.74, 6) is 1.90. The normalized spacial score (nSPS) is 33.3. The second kappa shape index (κ2) is 6.47. The summed E-state index contributed by atoms with van der Waals surface area (Å²) < 4.78 is 14.9. The van der Waals surface area contributed by atoms with Crippen LogP contribution >= 0.6 is 0 Å². The Morgan fingerprint density at radius 1 is 0.800 bits per heavy atom. The molecule has 0 N–H and O–H groups in total. The average Bonchev–Trinajstić information content (AvgIpc) is 3.04. The first-order chi connectivity index (χ1) is 9.80. The maximum Gasteiger partial charge on any atom is 0.430 e. The van der Waals surface area contributed by atoms with Crippen molar-refractivity contribution in [2.45, 2.75) is 63.3 Å². The van der Waals surface area contributed by atoms with Crippen LogP contribution in [0.1, 0.15) is 57.8 Å². The molecule has 3 rings (SSSR count). The maximum absolute atomic E-state index is 6.13. The van der Waals surface area contributed by atoms with Crippen molar-refractivity contribution in [3.05, 3.63) is 0 Å². The molecule has 1 saturated heterocycles. The Balaban J connectivity index is 1.74. The molecule has 1 aliphatic heterocycles. The minimum Gasteiger partial charge on any atom is -0.386 e. The zero-order chi connectivity index (χ0) is 14.0. The number of hydrogen-bond donors (Lipinski definition) is 0. The van der Waals surface area contributed by atoms with Gasteiger partial charge >= 0.3 is 8.72 Å². The summed E-state index contributed by atoms with van der Waals surface area (Å²) in [5, 5.41) is 0. The van der Waals surface area contributed by atoms with Crippen molar-refractivity contribution < 1.29 is 8.85 Å². The molecule has 1 heterocycles. The van der Waals surface area contributed by atoms with Gasteiger partial charge < -0.3 is 8.85 Å². The van der Waals surface area contributed by atoms with Crippen LogP contribution in [0.5, 0.6) is 0 Å². The highest BCUT2D eigenvalue weighted by molar-refractivity contribution is 6.66. The first-order valence-corrected chi connectivity index (χ1v) is 10.5. The summed E-state index contributed by atoms with van der Waals surface area (Å²) in [6, 6.07) is 0. The lowest BCUT2D eigenvalue weighted by Gasteiger charge is -2.48. The van der Waals surface area contributed by atoms with Crippen molar-refractivity contribution in [1.29, 1.82) is 0 Å². The molecule has 0 aromatic carbocycles. The van der Waals surface area contributed by atoms with Crippen LogP contribution in [0.2, 0.25) is 5.54 Å². The molecule has 2 saturated carbocycles. The fourth-order valence-electron chi connectivity index (χ4n) is 5.11. The van der Waals surface area contributed by atoms with Crippen LogP contribution < -0.4 is 0 Å². The fourth-order valence-corrected chi connectivity index (χ4v) is 9.04. The molecule has 0 amide bonds. The molecular weight excluding hydrogens is 266 g/mol. The van der Waals surface area contributed by atoms with Gasteiger partial charge in [-0.2, -0.15) is 0 Å². The summed E-state index contributed by atoms with van der Waals surface area (Å²) >= 11 is 0. The molecule has 0 aromatic heterocycles. The third kappa shape index (κ3) is 2.60. The van der Waals surface area contributed by atoms with Crippen LogP contribution in [0.15, 0.2) is 0 Å². The van der Waals surface area contributed by atoms with E-state index in [9.17, 15) is 0 Å². The Morgan fingerprint density at radius 3 is 2.05 bits per heavy atom. The highest BCUT2D eigenvalue weighted by atomic mass is 28.4. The topological polar surface area (TPSA) is 21.7 Å². The quantitative estimate of drug-likeness (QED) is 0.739. The SMILES string of the molecule is CO[Si](OC)(C1CCCC1)N1CCC2CCCCC2C1. The van der Waals surface area contributed by atoms with Crippen molar-refractivity contribution in [3.63, 3.8) is 0 Å². The molecule has 20 heavy (non-hydrogen) atoms. The van der Waals surface area contributed by atoms with E-state index in [1.165, 1.54) is 70.9 Å². The third-order valence-corrected chi connectivity index (χ3v) is 10.3. The first kappa shape index (κ1) is 15.0. The van der Waals surface area contributed by atoms with E-state index in [4.69, 9.17) is 8.85 Å². The zero-order valence-electron chi connectivity index (χ0n) is 13.3. The Kier molecular flexibility index (Phi) is 4.85. The Bertz CT molecular complexity index is 316. The van der Waals surface area contributed by atoms with Gasteiger partial charge in [-0.1, -0.05) is 32.1 Å². The van der Waals surface area contributed by atoms with Crippen molar-refractivity contribution in [2.75, 3.05) is 27.3 Å². The monoisotopic (exact) mass is 297 g/mol. The van der Waals surface area contributed by atoms with Crippen LogP contribution in [-0.2, 0) is 8.85 Å². The predicted octanol–water partition coefficient (Wildman–Crippen LogP) is 3.67. The largest absolute Gasteiger partial charge is 0.430 e. The predicted molar refractivity (Wildman–Crippen MR) is 83.6 cm³/mol. The molecule has 0 spiro atoms. The smallest absolute Gasteiger partial charge is 0.386 e. The van der Waals surface area contributed by atoms with Gasteiger partial charge in [-0.05, 0) is 50.6 Å². The zero-order valence-corrected chi connectivity index (χ0v) is 14.3. The number of rotatable bonds is 4. The van der Waals surface area contributed by atoms with E-state index in [1.807, 2.05) is 14.2 Å². The second-order valence-electron chi connectivity index (χ2n) is 7.06. The van der Waals surface area contributed by atoms with Gasteiger partial charge in [-0.15, -0.1) is 0 Å². The average molecular weight is 298 g/mol. The van der Waals surface area contributed by atoms with Crippen molar-refractivity contribution >= 4 is 8.72 Å². The van der Waals surface area contributed by atoms with Gasteiger partial charge in [0.1, 0.15) is 0 Å². The molecule has 2 aliphatic carbocycles. The number of piperidine rings is 1. The fraction of sp³-hybridized carbons (Fsp3) is 1.00. The van der Waals surface area contributed by atoms with Gasteiger partial charge in [0.25, 0.3) is 0 Å². The van der Waals surface area contributed by atoms with Crippen LogP contribution in [0.25, 0.3) is 0 Å². The van der Waals surface area contributed by atoms with Crippen molar-refractivity contribution in [1.82, 2.24) is 4.57 Å². The van der Waals surface area contributed by atoms with Gasteiger partial charge in [-0.25, -0.2) is 0 Å². The standard InChI is InChI=1S/C16H31NO2Si/c1-18-20(19-2,16-9-5-6-10-16)17-12-11-14-7-3-4-8-15(14)13-17/h14-16H,3-13H2,1-2H3. The Hall–Kier alpha value is 0.0969. The number of fused-ring (bicyclic) bond motifs is 1. The molecule has 116 valence electrons. The summed E-state index contributed by atoms with van der Waals surface area (Å²) in [4.78, 5) is 0. The van der Waals surface area contributed by atoms with Crippen LogP contribution in [-0.4, -0.2) is 40.6 Å². The van der Waals surface area contributed by atoms with E-state index < -0.39 is 8.72 Å². The molecule has 0 bridgehead atoms. The third-order valence-electron chi connectivity index (χ3n) is 6.19. The highest BCUT2D eigenvalue weighted by Gasteiger charge is 2.53. The molecule has 3 nitrogen and oxygen atoms in total. The molecular formula is C16H31NO2Si. The molecule has 0 aromatic rings. The first-order valence-electron chi connectivity index (χ1n) is 8.65. The maximum atomic E-state index is 6.13. The lowest BCUT2D eigenvalue weighted by Crippen LogP contribution is -2.63. The summed E-state index contributed by atoms with van der Waals surface area (Å²) in [6.45, 7) is 2.46. The van der Waals surface area contributed by atoms with Gasteiger partial charge in [0.15, 0.2) is 0 Å². The Labute approximate surface area is 125 Å². The lowest BCUT2D eigenvalue weighted by atomic mass is 9.76. The number of hydrogen-bond acceptors (Lipinski definition) is 3. The summed E-state index contributed by atoms with van der Waals surface area (Å²) in [7, 11) is 1.66. The van der Waals surface area contributed by atoms with E-state index >= 15 is 0 Å².